The summed E-state index contributed by atoms with van der Waals surface area (Å²) >= 11 is 1.94. The number of likely N-dealkylation sites (tertiary alicyclic amines) is 1. The number of thiophene rings is 1. The standard InChI is InChI=1S/C19H24N6S/c1-24(12-15-5-4-6-16(11-15)19-20-22-23-21-19)13-17-7-8-18(26-17)14-25-9-2-3-10-25/h4-8,11H,2-3,9-10,12-14H2,1H3,(H,20,21,22,23). The van der Waals surface area contributed by atoms with Crippen molar-refractivity contribution in [3.05, 3.63) is 51.7 Å². The molecular formula is C19H24N6S. The number of benzene rings is 1. The van der Waals surface area contributed by atoms with Crippen molar-refractivity contribution in [1.82, 2.24) is 30.4 Å². The van der Waals surface area contributed by atoms with Crippen molar-refractivity contribution in [3.63, 3.8) is 0 Å². The highest BCUT2D eigenvalue weighted by atomic mass is 32.1. The quantitative estimate of drug-likeness (QED) is 0.694. The van der Waals surface area contributed by atoms with Crippen molar-refractivity contribution in [2.24, 2.45) is 0 Å². The van der Waals surface area contributed by atoms with Gasteiger partial charge >= 0.3 is 0 Å². The molecule has 7 heteroatoms. The monoisotopic (exact) mass is 368 g/mol. The predicted molar refractivity (Wildman–Crippen MR) is 104 cm³/mol. The first-order valence-electron chi connectivity index (χ1n) is 9.07. The topological polar surface area (TPSA) is 60.9 Å². The van der Waals surface area contributed by atoms with E-state index in [0.29, 0.717) is 5.82 Å². The van der Waals surface area contributed by atoms with E-state index in [2.05, 4.69) is 61.7 Å². The number of H-pyrrole nitrogens is 1. The van der Waals surface area contributed by atoms with Crippen molar-refractivity contribution in [2.75, 3.05) is 20.1 Å². The molecule has 3 heterocycles. The maximum atomic E-state index is 4.06. The Bertz CT molecular complexity index is 822. The maximum Gasteiger partial charge on any atom is 0.204 e. The Balaban J connectivity index is 1.34. The third kappa shape index (κ3) is 4.35. The van der Waals surface area contributed by atoms with Crippen LogP contribution in [0.5, 0.6) is 0 Å². The van der Waals surface area contributed by atoms with Gasteiger partial charge in [-0.15, -0.1) is 21.5 Å². The van der Waals surface area contributed by atoms with Crippen LogP contribution in [0.1, 0.15) is 28.2 Å². The Labute approximate surface area is 157 Å². The van der Waals surface area contributed by atoms with Crippen LogP contribution in [0, 0.1) is 0 Å². The highest BCUT2D eigenvalue weighted by Crippen LogP contribution is 2.22. The van der Waals surface area contributed by atoms with Gasteiger partial charge in [0.15, 0.2) is 0 Å². The fourth-order valence-electron chi connectivity index (χ4n) is 3.48. The second-order valence-electron chi connectivity index (χ2n) is 6.96. The summed E-state index contributed by atoms with van der Waals surface area (Å²) in [5.41, 5.74) is 2.25. The van der Waals surface area contributed by atoms with Gasteiger partial charge in [-0.1, -0.05) is 18.2 Å². The molecule has 26 heavy (non-hydrogen) atoms. The molecule has 2 aromatic heterocycles. The van der Waals surface area contributed by atoms with E-state index in [1.54, 1.807) is 0 Å². The van der Waals surface area contributed by atoms with E-state index in [-0.39, 0.29) is 0 Å². The summed E-state index contributed by atoms with van der Waals surface area (Å²) in [6.07, 6.45) is 2.70. The van der Waals surface area contributed by atoms with E-state index in [4.69, 9.17) is 0 Å². The number of nitrogens with zero attached hydrogens (tertiary/aromatic N) is 5. The molecule has 1 N–H and O–H groups in total. The average molecular weight is 369 g/mol. The van der Waals surface area contributed by atoms with Crippen molar-refractivity contribution < 1.29 is 0 Å². The van der Waals surface area contributed by atoms with Crippen LogP contribution in [0.3, 0.4) is 0 Å². The maximum absolute atomic E-state index is 4.06. The molecule has 1 aromatic carbocycles. The fourth-order valence-corrected chi connectivity index (χ4v) is 4.62. The smallest absolute Gasteiger partial charge is 0.204 e. The summed E-state index contributed by atoms with van der Waals surface area (Å²) in [6.45, 7) is 5.48. The number of nitrogens with one attached hydrogen (secondary N) is 1. The van der Waals surface area contributed by atoms with Gasteiger partial charge < -0.3 is 0 Å². The van der Waals surface area contributed by atoms with Crippen LogP contribution in [0.25, 0.3) is 11.4 Å². The molecule has 0 radical (unpaired) electrons. The van der Waals surface area contributed by atoms with Gasteiger partial charge in [0.05, 0.1) is 0 Å². The van der Waals surface area contributed by atoms with E-state index >= 15 is 0 Å². The zero-order valence-electron chi connectivity index (χ0n) is 15.1. The molecule has 136 valence electrons. The number of rotatable bonds is 7. The van der Waals surface area contributed by atoms with E-state index in [0.717, 1.165) is 25.2 Å². The minimum atomic E-state index is 0.638. The van der Waals surface area contributed by atoms with Crippen molar-refractivity contribution in [3.8, 4) is 11.4 Å². The molecule has 1 fully saturated rings. The normalized spacial score (nSPS) is 15.2. The number of hydrogen-bond acceptors (Lipinski definition) is 6. The number of tetrazole rings is 1. The molecule has 0 atom stereocenters. The lowest BCUT2D eigenvalue weighted by Gasteiger charge is -2.16. The third-order valence-corrected chi connectivity index (χ3v) is 5.76. The minimum absolute atomic E-state index is 0.638. The van der Waals surface area contributed by atoms with Crippen LogP contribution in [-0.2, 0) is 19.6 Å². The molecule has 3 aromatic rings. The van der Waals surface area contributed by atoms with E-state index in [9.17, 15) is 0 Å². The van der Waals surface area contributed by atoms with Crippen molar-refractivity contribution >= 4 is 11.3 Å². The molecule has 6 nitrogen and oxygen atoms in total. The second-order valence-corrected chi connectivity index (χ2v) is 8.21. The van der Waals surface area contributed by atoms with Crippen LogP contribution < -0.4 is 0 Å². The highest BCUT2D eigenvalue weighted by Gasteiger charge is 2.13. The lowest BCUT2D eigenvalue weighted by molar-refractivity contribution is 0.322. The number of hydrogen-bond donors (Lipinski definition) is 1. The second kappa shape index (κ2) is 8.07. The lowest BCUT2D eigenvalue weighted by atomic mass is 10.1. The Morgan fingerprint density at radius 2 is 1.96 bits per heavy atom. The van der Waals surface area contributed by atoms with Gasteiger partial charge in [-0.05, 0) is 62.0 Å². The fraction of sp³-hybridized carbons (Fsp3) is 0.421. The largest absolute Gasteiger partial charge is 0.298 e. The van der Waals surface area contributed by atoms with Crippen LogP contribution in [0.15, 0.2) is 36.4 Å². The molecular weight excluding hydrogens is 344 g/mol. The Hall–Kier alpha value is -2.09. The highest BCUT2D eigenvalue weighted by molar-refractivity contribution is 7.11. The van der Waals surface area contributed by atoms with E-state index < -0.39 is 0 Å². The zero-order chi connectivity index (χ0) is 17.8. The zero-order valence-corrected chi connectivity index (χ0v) is 15.9. The van der Waals surface area contributed by atoms with Gasteiger partial charge in [0, 0.05) is 35.0 Å². The molecule has 1 aliphatic heterocycles. The first-order valence-corrected chi connectivity index (χ1v) is 9.89. The van der Waals surface area contributed by atoms with Crippen molar-refractivity contribution in [2.45, 2.75) is 32.5 Å². The molecule has 0 aliphatic carbocycles. The predicted octanol–water partition coefficient (Wildman–Crippen LogP) is 3.16. The Morgan fingerprint density at radius 1 is 1.12 bits per heavy atom. The Morgan fingerprint density at radius 3 is 2.77 bits per heavy atom. The third-order valence-electron chi connectivity index (χ3n) is 4.70. The van der Waals surface area contributed by atoms with Gasteiger partial charge in [0.2, 0.25) is 5.82 Å². The van der Waals surface area contributed by atoms with Gasteiger partial charge in [0.25, 0.3) is 0 Å². The Kier molecular flexibility index (Phi) is 5.38. The average Bonchev–Trinajstić information content (AvgIpc) is 3.38. The first-order chi connectivity index (χ1) is 12.8. The van der Waals surface area contributed by atoms with Crippen molar-refractivity contribution in [1.29, 1.82) is 0 Å². The van der Waals surface area contributed by atoms with E-state index in [1.165, 1.54) is 41.2 Å². The summed E-state index contributed by atoms with van der Waals surface area (Å²) in [7, 11) is 2.17. The summed E-state index contributed by atoms with van der Waals surface area (Å²) < 4.78 is 0. The van der Waals surface area contributed by atoms with E-state index in [1.807, 2.05) is 23.5 Å². The molecule has 1 aliphatic rings. The summed E-state index contributed by atoms with van der Waals surface area (Å²) in [5, 5.41) is 14.3. The summed E-state index contributed by atoms with van der Waals surface area (Å²) in [4.78, 5) is 7.81. The number of aromatic amines is 1. The number of aromatic nitrogens is 4. The van der Waals surface area contributed by atoms with Gasteiger partial charge in [-0.3, -0.25) is 9.80 Å². The summed E-state index contributed by atoms with van der Waals surface area (Å²) in [5.74, 6) is 0.638. The first kappa shape index (κ1) is 17.3. The van der Waals surface area contributed by atoms with Crippen LogP contribution in [-0.4, -0.2) is 50.6 Å². The SMILES string of the molecule is CN(Cc1cccc(-c2nn[nH]n2)c1)Cc1ccc(CN2CCCC2)s1. The van der Waals surface area contributed by atoms with Gasteiger partial charge in [0.1, 0.15) is 0 Å². The molecule has 0 amide bonds. The van der Waals surface area contributed by atoms with Crippen LogP contribution in [0.4, 0.5) is 0 Å². The molecule has 1 saturated heterocycles. The van der Waals surface area contributed by atoms with Gasteiger partial charge in [-0.2, -0.15) is 5.21 Å². The molecule has 0 saturated carbocycles. The van der Waals surface area contributed by atoms with Gasteiger partial charge in [-0.25, -0.2) is 0 Å². The summed E-state index contributed by atoms with van der Waals surface area (Å²) in [6, 6.07) is 12.9. The molecule has 0 bridgehead atoms. The molecule has 0 spiro atoms. The van der Waals surface area contributed by atoms with Crippen LogP contribution in [0.2, 0.25) is 0 Å². The molecule has 0 unspecified atom stereocenters. The molecule has 4 rings (SSSR count). The minimum Gasteiger partial charge on any atom is -0.298 e. The van der Waals surface area contributed by atoms with Crippen LogP contribution >= 0.6 is 11.3 Å². The lowest BCUT2D eigenvalue weighted by Crippen LogP contribution is -2.17.